The number of thiophene rings is 1. The Labute approximate surface area is 129 Å². The molecule has 3 heteroatoms. The monoisotopic (exact) mass is 341 g/mol. The zero-order valence-electron chi connectivity index (χ0n) is 11.7. The molecule has 1 aromatic heterocycles. The van der Waals surface area contributed by atoms with Gasteiger partial charge in [0.25, 0.3) is 0 Å². The van der Waals surface area contributed by atoms with Crippen LogP contribution in [0.4, 0.5) is 0 Å². The first-order chi connectivity index (χ1) is 9.28. The van der Waals surface area contributed by atoms with Gasteiger partial charge in [-0.2, -0.15) is 0 Å². The van der Waals surface area contributed by atoms with Gasteiger partial charge in [0, 0.05) is 10.9 Å². The van der Waals surface area contributed by atoms with Gasteiger partial charge < -0.3 is 5.32 Å². The Bertz CT molecular complexity index is 417. The highest BCUT2D eigenvalue weighted by Crippen LogP contribution is 2.47. The fourth-order valence-corrected chi connectivity index (χ4v) is 5.95. The molecule has 3 rings (SSSR count). The predicted octanol–water partition coefficient (Wildman–Crippen LogP) is 5.38. The first-order valence-electron chi connectivity index (χ1n) is 7.70. The molecule has 1 nitrogen and oxygen atoms in total. The topological polar surface area (TPSA) is 12.0 Å². The molecule has 0 saturated heterocycles. The molecule has 0 spiro atoms. The number of fused-ring (bicyclic) bond motifs is 1. The molecule has 0 aromatic carbocycles. The smallest absolute Gasteiger partial charge is 0.0701 e. The van der Waals surface area contributed by atoms with Gasteiger partial charge in [0.15, 0.2) is 0 Å². The summed E-state index contributed by atoms with van der Waals surface area (Å²) in [5.41, 5.74) is 0. The lowest BCUT2D eigenvalue weighted by atomic mass is 9.66. The van der Waals surface area contributed by atoms with Gasteiger partial charge in [-0.15, -0.1) is 11.3 Å². The van der Waals surface area contributed by atoms with Gasteiger partial charge in [0.05, 0.1) is 3.79 Å². The summed E-state index contributed by atoms with van der Waals surface area (Å²) in [6.45, 7) is 0. The second kappa shape index (κ2) is 6.28. The third-order valence-electron chi connectivity index (χ3n) is 5.26. The van der Waals surface area contributed by atoms with Gasteiger partial charge in [-0.05, 0) is 72.1 Å². The van der Waals surface area contributed by atoms with E-state index in [4.69, 9.17) is 0 Å². The van der Waals surface area contributed by atoms with Crippen molar-refractivity contribution in [2.45, 2.75) is 51.0 Å². The summed E-state index contributed by atoms with van der Waals surface area (Å²) < 4.78 is 1.26. The van der Waals surface area contributed by atoms with Gasteiger partial charge in [-0.25, -0.2) is 0 Å². The highest BCUT2D eigenvalue weighted by atomic mass is 79.9. The number of hydrogen-bond acceptors (Lipinski definition) is 2. The molecule has 1 heterocycles. The lowest BCUT2D eigenvalue weighted by Gasteiger charge is -2.41. The van der Waals surface area contributed by atoms with Crippen LogP contribution in [0.15, 0.2) is 15.9 Å². The van der Waals surface area contributed by atoms with Crippen LogP contribution in [0.1, 0.15) is 55.9 Å². The van der Waals surface area contributed by atoms with E-state index in [1.807, 2.05) is 11.3 Å². The van der Waals surface area contributed by atoms with Crippen LogP contribution in [0.2, 0.25) is 0 Å². The molecule has 0 bridgehead atoms. The van der Waals surface area contributed by atoms with Crippen LogP contribution >= 0.6 is 27.3 Å². The van der Waals surface area contributed by atoms with Crippen molar-refractivity contribution in [3.05, 3.63) is 20.8 Å². The molecule has 1 N–H and O–H groups in total. The maximum Gasteiger partial charge on any atom is 0.0701 e. The molecule has 4 atom stereocenters. The van der Waals surface area contributed by atoms with Crippen LogP contribution in [0.25, 0.3) is 0 Å². The van der Waals surface area contributed by atoms with Crippen molar-refractivity contribution in [3.63, 3.8) is 0 Å². The quantitative estimate of drug-likeness (QED) is 0.778. The van der Waals surface area contributed by atoms with Gasteiger partial charge in [-0.1, -0.05) is 25.7 Å². The van der Waals surface area contributed by atoms with Gasteiger partial charge in [0.2, 0.25) is 0 Å². The zero-order valence-corrected chi connectivity index (χ0v) is 14.1. The minimum Gasteiger partial charge on any atom is -0.312 e. The van der Waals surface area contributed by atoms with Crippen molar-refractivity contribution >= 4 is 27.3 Å². The molecule has 0 radical (unpaired) electrons. The zero-order chi connectivity index (χ0) is 13.2. The molecule has 0 aliphatic heterocycles. The summed E-state index contributed by atoms with van der Waals surface area (Å²) in [6.07, 6.45) is 10.3. The van der Waals surface area contributed by atoms with E-state index in [9.17, 15) is 0 Å². The fourth-order valence-electron chi connectivity index (χ4n) is 4.32. The molecule has 2 aliphatic rings. The van der Waals surface area contributed by atoms with Crippen molar-refractivity contribution in [2.75, 3.05) is 7.05 Å². The third kappa shape index (κ3) is 3.08. The number of rotatable bonds is 3. The summed E-state index contributed by atoms with van der Waals surface area (Å²) in [4.78, 5) is 1.51. The van der Waals surface area contributed by atoms with Crippen LogP contribution < -0.4 is 5.32 Å². The molecular formula is C16H24BrNS. The molecular weight excluding hydrogens is 318 g/mol. The van der Waals surface area contributed by atoms with E-state index in [-0.39, 0.29) is 0 Å². The van der Waals surface area contributed by atoms with Gasteiger partial charge in [0.1, 0.15) is 0 Å². The Morgan fingerprint density at radius 3 is 2.63 bits per heavy atom. The standard InChI is InChI=1S/C16H24BrNS/c1-18-16(14-8-9-15(17)19-14)13-7-6-11-4-2-3-5-12(11)10-13/h8-9,11-13,16,18H,2-7,10H2,1H3. The number of hydrogen-bond donors (Lipinski definition) is 1. The van der Waals surface area contributed by atoms with Crippen molar-refractivity contribution in [3.8, 4) is 0 Å². The van der Waals surface area contributed by atoms with E-state index < -0.39 is 0 Å². The summed E-state index contributed by atoms with van der Waals surface area (Å²) in [5.74, 6) is 2.92. The van der Waals surface area contributed by atoms with E-state index in [0.29, 0.717) is 6.04 Å². The molecule has 0 amide bonds. The van der Waals surface area contributed by atoms with Crippen LogP contribution in [0, 0.1) is 17.8 Å². The van der Waals surface area contributed by atoms with Crippen LogP contribution in [-0.4, -0.2) is 7.05 Å². The Balaban J connectivity index is 1.70. The average molecular weight is 342 g/mol. The molecule has 2 aliphatic carbocycles. The van der Waals surface area contributed by atoms with E-state index in [2.05, 4.69) is 40.4 Å². The largest absolute Gasteiger partial charge is 0.312 e. The molecule has 2 saturated carbocycles. The maximum absolute atomic E-state index is 3.60. The summed E-state index contributed by atoms with van der Waals surface area (Å²) in [6, 6.07) is 5.05. The van der Waals surface area contributed by atoms with Crippen molar-refractivity contribution in [1.82, 2.24) is 5.32 Å². The summed E-state index contributed by atoms with van der Waals surface area (Å²) in [5, 5.41) is 3.59. The van der Waals surface area contributed by atoms with Gasteiger partial charge in [-0.3, -0.25) is 0 Å². The Kier molecular flexibility index (Phi) is 4.66. The Morgan fingerprint density at radius 1 is 1.16 bits per heavy atom. The molecule has 1 aromatic rings. The van der Waals surface area contributed by atoms with E-state index in [1.165, 1.54) is 53.6 Å². The van der Waals surface area contributed by atoms with E-state index >= 15 is 0 Å². The Hall–Kier alpha value is 0.140. The minimum absolute atomic E-state index is 0.569. The van der Waals surface area contributed by atoms with E-state index in [0.717, 1.165) is 17.8 Å². The van der Waals surface area contributed by atoms with E-state index in [1.54, 1.807) is 0 Å². The van der Waals surface area contributed by atoms with Crippen LogP contribution in [0.5, 0.6) is 0 Å². The first-order valence-corrected chi connectivity index (χ1v) is 9.31. The Morgan fingerprint density at radius 2 is 1.95 bits per heavy atom. The number of halogens is 1. The lowest BCUT2D eigenvalue weighted by Crippen LogP contribution is -2.34. The molecule has 19 heavy (non-hydrogen) atoms. The predicted molar refractivity (Wildman–Crippen MR) is 86.6 cm³/mol. The van der Waals surface area contributed by atoms with Crippen LogP contribution in [0.3, 0.4) is 0 Å². The molecule has 2 fully saturated rings. The average Bonchev–Trinajstić information content (AvgIpc) is 2.86. The van der Waals surface area contributed by atoms with Gasteiger partial charge >= 0.3 is 0 Å². The fraction of sp³-hybridized carbons (Fsp3) is 0.750. The maximum atomic E-state index is 3.60. The molecule has 4 unspecified atom stereocenters. The lowest BCUT2D eigenvalue weighted by molar-refractivity contribution is 0.112. The third-order valence-corrected chi connectivity index (χ3v) is 6.97. The highest BCUT2D eigenvalue weighted by Gasteiger charge is 2.35. The second-order valence-corrected chi connectivity index (χ2v) is 8.78. The molecule has 106 valence electrons. The SMILES string of the molecule is CNC(c1ccc(Br)s1)C1CCC2CCCCC2C1. The van der Waals surface area contributed by atoms with Crippen molar-refractivity contribution < 1.29 is 0 Å². The normalized spacial score (nSPS) is 32.8. The highest BCUT2D eigenvalue weighted by molar-refractivity contribution is 9.11. The van der Waals surface area contributed by atoms with Crippen molar-refractivity contribution in [2.24, 2.45) is 17.8 Å². The summed E-state index contributed by atoms with van der Waals surface area (Å²) >= 11 is 5.50. The minimum atomic E-state index is 0.569. The summed E-state index contributed by atoms with van der Waals surface area (Å²) in [7, 11) is 2.13. The van der Waals surface area contributed by atoms with Crippen LogP contribution in [-0.2, 0) is 0 Å². The van der Waals surface area contributed by atoms with Crippen molar-refractivity contribution in [1.29, 1.82) is 0 Å². The second-order valence-electron chi connectivity index (χ2n) is 6.29. The first kappa shape index (κ1) is 14.1. The number of nitrogens with one attached hydrogen (secondary N) is 1.